The molecule has 0 saturated carbocycles. The van der Waals surface area contributed by atoms with Crippen molar-refractivity contribution in [2.45, 2.75) is 0 Å². The minimum absolute atomic E-state index is 0.00688. The largest absolute Gasteiger partial charge is 0.508 e. The lowest BCUT2D eigenvalue weighted by Gasteiger charge is -2.09. The van der Waals surface area contributed by atoms with Crippen molar-refractivity contribution in [3.8, 4) is 21.9 Å². The van der Waals surface area contributed by atoms with Crippen LogP contribution in [0.4, 0.5) is 5.69 Å². The molecule has 4 nitrogen and oxygen atoms in total. The first-order valence-corrected chi connectivity index (χ1v) is 7.49. The summed E-state index contributed by atoms with van der Waals surface area (Å²) in [5.41, 5.74) is 1.68. The Hall–Kier alpha value is -2.79. The summed E-state index contributed by atoms with van der Waals surface area (Å²) in [4.78, 5) is 13.2. The topological polar surface area (TPSA) is 69.6 Å². The normalized spacial score (nSPS) is 10.4. The second-order valence-corrected chi connectivity index (χ2v) is 5.66. The van der Waals surface area contributed by atoms with Gasteiger partial charge in [-0.1, -0.05) is 6.07 Å². The molecule has 0 fully saturated rings. The minimum Gasteiger partial charge on any atom is -0.508 e. The van der Waals surface area contributed by atoms with Gasteiger partial charge in [-0.05, 0) is 59.5 Å². The zero-order valence-corrected chi connectivity index (χ0v) is 12.3. The minimum atomic E-state index is -0.348. The van der Waals surface area contributed by atoms with Crippen molar-refractivity contribution < 1.29 is 15.0 Å². The average Bonchev–Trinajstić information content (AvgIpc) is 3.04. The van der Waals surface area contributed by atoms with E-state index >= 15 is 0 Å². The summed E-state index contributed by atoms with van der Waals surface area (Å²) >= 11 is 1.59. The second-order valence-electron chi connectivity index (χ2n) is 4.71. The molecule has 0 unspecified atom stereocenters. The van der Waals surface area contributed by atoms with E-state index in [1.807, 2.05) is 17.5 Å². The third-order valence-corrected chi connectivity index (χ3v) is 4.10. The Bertz CT molecular complexity index is 795. The van der Waals surface area contributed by atoms with Gasteiger partial charge in [0.2, 0.25) is 0 Å². The smallest absolute Gasteiger partial charge is 0.255 e. The van der Waals surface area contributed by atoms with Crippen LogP contribution >= 0.6 is 11.3 Å². The molecule has 22 heavy (non-hydrogen) atoms. The van der Waals surface area contributed by atoms with Crippen molar-refractivity contribution in [1.82, 2.24) is 0 Å². The number of carbonyl (C=O) groups excluding carboxylic acids is 1. The van der Waals surface area contributed by atoms with Crippen LogP contribution in [0, 0.1) is 0 Å². The fourth-order valence-corrected chi connectivity index (χ4v) is 2.76. The van der Waals surface area contributed by atoms with E-state index in [-0.39, 0.29) is 17.4 Å². The number of aromatic hydroxyl groups is 2. The molecular weight excluding hydrogens is 298 g/mol. The number of carbonyl (C=O) groups is 1. The SMILES string of the molecule is O=C(Nc1cc(-c2cccs2)ccc1O)c1ccc(O)cc1. The highest BCUT2D eigenvalue weighted by molar-refractivity contribution is 7.13. The fourth-order valence-electron chi connectivity index (χ4n) is 2.04. The zero-order valence-electron chi connectivity index (χ0n) is 11.5. The maximum absolute atomic E-state index is 12.2. The van der Waals surface area contributed by atoms with Crippen LogP contribution in [0.1, 0.15) is 10.4 Å². The third kappa shape index (κ3) is 2.94. The highest BCUT2D eigenvalue weighted by Gasteiger charge is 2.10. The summed E-state index contributed by atoms with van der Waals surface area (Å²) in [6.07, 6.45) is 0. The highest BCUT2D eigenvalue weighted by Crippen LogP contribution is 2.32. The van der Waals surface area contributed by atoms with Gasteiger partial charge in [-0.3, -0.25) is 4.79 Å². The predicted octanol–water partition coefficient (Wildman–Crippen LogP) is 4.08. The first-order chi connectivity index (χ1) is 10.6. The molecule has 0 aliphatic carbocycles. The van der Waals surface area contributed by atoms with E-state index in [2.05, 4.69) is 5.32 Å². The summed E-state index contributed by atoms with van der Waals surface area (Å²) in [6.45, 7) is 0. The lowest BCUT2D eigenvalue weighted by Crippen LogP contribution is -2.11. The molecule has 0 bridgehead atoms. The summed E-state index contributed by atoms with van der Waals surface area (Å²) in [7, 11) is 0. The second kappa shape index (κ2) is 5.91. The Balaban J connectivity index is 1.87. The number of benzene rings is 2. The summed E-state index contributed by atoms with van der Waals surface area (Å²) in [5, 5.41) is 23.8. The van der Waals surface area contributed by atoms with Crippen LogP contribution in [0.25, 0.3) is 10.4 Å². The summed E-state index contributed by atoms with van der Waals surface area (Å²) in [5.74, 6) is -0.245. The van der Waals surface area contributed by atoms with E-state index in [1.54, 1.807) is 29.5 Å². The van der Waals surface area contributed by atoms with Gasteiger partial charge in [-0.25, -0.2) is 0 Å². The number of phenolic OH excluding ortho intramolecular Hbond substituents is 2. The van der Waals surface area contributed by atoms with Gasteiger partial charge < -0.3 is 15.5 Å². The third-order valence-electron chi connectivity index (χ3n) is 3.18. The molecule has 5 heteroatoms. The van der Waals surface area contributed by atoms with Gasteiger partial charge in [0.25, 0.3) is 5.91 Å². The van der Waals surface area contributed by atoms with Crippen LogP contribution in [0.15, 0.2) is 60.0 Å². The Labute approximate surface area is 131 Å². The molecule has 0 radical (unpaired) electrons. The van der Waals surface area contributed by atoms with E-state index in [4.69, 9.17) is 0 Å². The number of nitrogens with one attached hydrogen (secondary N) is 1. The van der Waals surface area contributed by atoms with Crippen molar-refractivity contribution in [3.63, 3.8) is 0 Å². The summed E-state index contributed by atoms with van der Waals surface area (Å²) in [6, 6.07) is 14.9. The maximum Gasteiger partial charge on any atom is 0.255 e. The molecule has 110 valence electrons. The maximum atomic E-state index is 12.2. The number of hydrogen-bond donors (Lipinski definition) is 3. The Morgan fingerprint density at radius 3 is 2.45 bits per heavy atom. The van der Waals surface area contributed by atoms with Crippen LogP contribution in [-0.4, -0.2) is 16.1 Å². The van der Waals surface area contributed by atoms with Gasteiger partial charge in [0, 0.05) is 10.4 Å². The number of amides is 1. The van der Waals surface area contributed by atoms with Crippen molar-refractivity contribution in [1.29, 1.82) is 0 Å². The van der Waals surface area contributed by atoms with Crippen LogP contribution in [0.5, 0.6) is 11.5 Å². The number of anilines is 1. The van der Waals surface area contributed by atoms with Crippen LogP contribution < -0.4 is 5.32 Å². The van der Waals surface area contributed by atoms with E-state index in [0.29, 0.717) is 11.3 Å². The van der Waals surface area contributed by atoms with Gasteiger partial charge in [-0.2, -0.15) is 0 Å². The molecule has 2 aromatic carbocycles. The molecule has 1 aromatic heterocycles. The van der Waals surface area contributed by atoms with Gasteiger partial charge in [0.05, 0.1) is 5.69 Å². The van der Waals surface area contributed by atoms with Gasteiger partial charge in [0.15, 0.2) is 0 Å². The lowest BCUT2D eigenvalue weighted by atomic mass is 10.1. The molecule has 0 aliphatic heterocycles. The molecule has 0 aliphatic rings. The molecule has 3 N–H and O–H groups in total. The van der Waals surface area contributed by atoms with E-state index in [9.17, 15) is 15.0 Å². The van der Waals surface area contributed by atoms with Crippen LogP contribution in [0.2, 0.25) is 0 Å². The van der Waals surface area contributed by atoms with Crippen molar-refractivity contribution in [2.24, 2.45) is 0 Å². The van der Waals surface area contributed by atoms with E-state index in [0.717, 1.165) is 10.4 Å². The average molecular weight is 311 g/mol. The van der Waals surface area contributed by atoms with Gasteiger partial charge in [0.1, 0.15) is 11.5 Å². The number of thiophene rings is 1. The Kier molecular flexibility index (Phi) is 3.80. The standard InChI is InChI=1S/C17H13NO3S/c19-13-6-3-11(4-7-13)17(21)18-14-10-12(5-8-15(14)20)16-2-1-9-22-16/h1-10,19-20H,(H,18,21). The fraction of sp³-hybridized carbons (Fsp3) is 0. The first-order valence-electron chi connectivity index (χ1n) is 6.61. The molecule has 3 rings (SSSR count). The van der Waals surface area contributed by atoms with Crippen LogP contribution in [-0.2, 0) is 0 Å². The quantitative estimate of drug-likeness (QED) is 0.638. The number of phenols is 2. The van der Waals surface area contributed by atoms with E-state index < -0.39 is 0 Å². The number of rotatable bonds is 3. The van der Waals surface area contributed by atoms with Gasteiger partial charge in [-0.15, -0.1) is 11.3 Å². The van der Waals surface area contributed by atoms with Crippen molar-refractivity contribution in [3.05, 3.63) is 65.5 Å². The highest BCUT2D eigenvalue weighted by atomic mass is 32.1. The first kappa shape index (κ1) is 14.2. The number of hydrogen-bond acceptors (Lipinski definition) is 4. The zero-order chi connectivity index (χ0) is 15.5. The van der Waals surface area contributed by atoms with Crippen molar-refractivity contribution in [2.75, 3.05) is 5.32 Å². The van der Waals surface area contributed by atoms with Crippen LogP contribution in [0.3, 0.4) is 0 Å². The monoisotopic (exact) mass is 311 g/mol. The Morgan fingerprint density at radius 1 is 1.00 bits per heavy atom. The molecule has 0 saturated heterocycles. The molecule has 0 spiro atoms. The van der Waals surface area contributed by atoms with Gasteiger partial charge >= 0.3 is 0 Å². The molecule has 0 atom stereocenters. The molecule has 1 heterocycles. The molecule has 1 amide bonds. The lowest BCUT2D eigenvalue weighted by molar-refractivity contribution is 0.102. The predicted molar refractivity (Wildman–Crippen MR) is 87.5 cm³/mol. The molecule has 3 aromatic rings. The Morgan fingerprint density at radius 2 is 1.77 bits per heavy atom. The van der Waals surface area contributed by atoms with E-state index in [1.165, 1.54) is 24.3 Å². The summed E-state index contributed by atoms with van der Waals surface area (Å²) < 4.78 is 0. The molecular formula is C17H13NO3S. The van der Waals surface area contributed by atoms with Crippen molar-refractivity contribution >= 4 is 22.9 Å².